The number of carbonyl (C=O) groups excluding carboxylic acids is 1. The average molecular weight is 335 g/mol. The molecule has 0 saturated carbocycles. The van der Waals surface area contributed by atoms with Gasteiger partial charge in [0.15, 0.2) is 11.8 Å². The monoisotopic (exact) mass is 335 g/mol. The number of aliphatic carboxylic acids is 1. The highest BCUT2D eigenvalue weighted by atomic mass is 32.2. The topological polar surface area (TPSA) is 88.8 Å². The number of amides is 1. The number of furan rings is 1. The molecule has 0 spiro atoms. The molecule has 0 saturated heterocycles. The molecule has 0 radical (unpaired) electrons. The SMILES string of the molecule is COCC(NC(=O)c1occc1CSc1ccccc1)C(=O)O. The van der Waals surface area contributed by atoms with E-state index in [1.165, 1.54) is 13.4 Å². The van der Waals surface area contributed by atoms with E-state index in [0.29, 0.717) is 11.3 Å². The zero-order valence-electron chi connectivity index (χ0n) is 12.5. The van der Waals surface area contributed by atoms with Crippen LogP contribution in [0.2, 0.25) is 0 Å². The summed E-state index contributed by atoms with van der Waals surface area (Å²) in [6.45, 7) is -0.115. The van der Waals surface area contributed by atoms with Crippen LogP contribution in [0.15, 0.2) is 52.0 Å². The summed E-state index contributed by atoms with van der Waals surface area (Å²) in [5, 5.41) is 11.4. The summed E-state index contributed by atoms with van der Waals surface area (Å²) in [4.78, 5) is 24.3. The van der Waals surface area contributed by atoms with Gasteiger partial charge in [-0.3, -0.25) is 4.79 Å². The van der Waals surface area contributed by atoms with E-state index in [1.807, 2.05) is 30.3 Å². The maximum absolute atomic E-state index is 12.2. The van der Waals surface area contributed by atoms with Gasteiger partial charge in [-0.15, -0.1) is 11.8 Å². The zero-order chi connectivity index (χ0) is 16.7. The van der Waals surface area contributed by atoms with E-state index in [9.17, 15) is 9.59 Å². The second-order valence-corrected chi connectivity index (χ2v) is 5.75. The first-order valence-electron chi connectivity index (χ1n) is 6.88. The third-order valence-electron chi connectivity index (χ3n) is 3.03. The second-order valence-electron chi connectivity index (χ2n) is 4.70. The third-order valence-corrected chi connectivity index (χ3v) is 4.09. The van der Waals surface area contributed by atoms with Gasteiger partial charge in [0.05, 0.1) is 12.9 Å². The van der Waals surface area contributed by atoms with Gasteiger partial charge in [0.2, 0.25) is 0 Å². The minimum atomic E-state index is -1.16. The largest absolute Gasteiger partial charge is 0.480 e. The summed E-state index contributed by atoms with van der Waals surface area (Å²) in [6, 6.07) is 10.3. The lowest BCUT2D eigenvalue weighted by Gasteiger charge is -2.13. The van der Waals surface area contributed by atoms with Crippen molar-refractivity contribution in [2.75, 3.05) is 13.7 Å². The molecule has 0 bridgehead atoms. The normalized spacial score (nSPS) is 11.9. The van der Waals surface area contributed by atoms with Crippen molar-refractivity contribution < 1.29 is 23.8 Å². The van der Waals surface area contributed by atoms with E-state index in [2.05, 4.69) is 5.32 Å². The summed E-state index contributed by atoms with van der Waals surface area (Å²) >= 11 is 1.56. The van der Waals surface area contributed by atoms with Gasteiger partial charge >= 0.3 is 5.97 Å². The average Bonchev–Trinajstić information content (AvgIpc) is 3.02. The van der Waals surface area contributed by atoms with Crippen LogP contribution in [0.1, 0.15) is 16.1 Å². The number of rotatable bonds is 8. The molecule has 1 amide bonds. The quantitative estimate of drug-likeness (QED) is 0.720. The molecule has 2 rings (SSSR count). The van der Waals surface area contributed by atoms with Crippen LogP contribution in [-0.2, 0) is 15.3 Å². The van der Waals surface area contributed by atoms with Crippen LogP contribution < -0.4 is 5.32 Å². The van der Waals surface area contributed by atoms with Gasteiger partial charge in [-0.2, -0.15) is 0 Å². The maximum atomic E-state index is 12.2. The Hall–Kier alpha value is -2.25. The van der Waals surface area contributed by atoms with Gasteiger partial charge < -0.3 is 19.6 Å². The smallest absolute Gasteiger partial charge is 0.328 e. The fourth-order valence-corrected chi connectivity index (χ4v) is 2.79. The van der Waals surface area contributed by atoms with Gasteiger partial charge in [-0.05, 0) is 18.2 Å². The van der Waals surface area contributed by atoms with Crippen LogP contribution in [0.3, 0.4) is 0 Å². The van der Waals surface area contributed by atoms with Crippen molar-refractivity contribution in [3.63, 3.8) is 0 Å². The van der Waals surface area contributed by atoms with E-state index in [-0.39, 0.29) is 12.4 Å². The molecule has 2 N–H and O–H groups in total. The minimum Gasteiger partial charge on any atom is -0.480 e. The molecule has 1 atom stereocenters. The van der Waals surface area contributed by atoms with Crippen molar-refractivity contribution in [3.8, 4) is 0 Å². The number of thioether (sulfide) groups is 1. The third kappa shape index (κ3) is 4.87. The molecule has 0 aliphatic carbocycles. The van der Waals surface area contributed by atoms with Crippen molar-refractivity contribution in [1.82, 2.24) is 5.32 Å². The first kappa shape index (κ1) is 17.1. The van der Waals surface area contributed by atoms with Crippen molar-refractivity contribution in [2.45, 2.75) is 16.7 Å². The molecule has 1 heterocycles. The lowest BCUT2D eigenvalue weighted by Crippen LogP contribution is -2.43. The number of ether oxygens (including phenoxy) is 1. The summed E-state index contributed by atoms with van der Waals surface area (Å²) in [5.74, 6) is -1.06. The Bertz CT molecular complexity index is 656. The maximum Gasteiger partial charge on any atom is 0.328 e. The molecule has 6 nitrogen and oxygen atoms in total. The van der Waals surface area contributed by atoms with E-state index in [4.69, 9.17) is 14.3 Å². The van der Waals surface area contributed by atoms with Gasteiger partial charge in [-0.25, -0.2) is 4.79 Å². The van der Waals surface area contributed by atoms with Crippen LogP contribution in [0.25, 0.3) is 0 Å². The molecule has 1 aromatic heterocycles. The number of methoxy groups -OCH3 is 1. The Morgan fingerprint density at radius 2 is 2.04 bits per heavy atom. The van der Waals surface area contributed by atoms with Crippen LogP contribution in [0.4, 0.5) is 0 Å². The fourth-order valence-electron chi connectivity index (χ4n) is 1.89. The Morgan fingerprint density at radius 3 is 2.70 bits per heavy atom. The van der Waals surface area contributed by atoms with Gasteiger partial charge in [0.1, 0.15) is 0 Å². The van der Waals surface area contributed by atoms with Crippen LogP contribution in [-0.4, -0.2) is 36.7 Å². The molecule has 23 heavy (non-hydrogen) atoms. The molecule has 122 valence electrons. The number of nitrogens with one attached hydrogen (secondary N) is 1. The van der Waals surface area contributed by atoms with E-state index in [0.717, 1.165) is 4.90 Å². The first-order valence-corrected chi connectivity index (χ1v) is 7.87. The molecular formula is C16H17NO5S. The highest BCUT2D eigenvalue weighted by molar-refractivity contribution is 7.98. The van der Waals surface area contributed by atoms with Crippen LogP contribution >= 0.6 is 11.8 Å². The number of carboxylic acid groups (broad SMARTS) is 1. The highest BCUT2D eigenvalue weighted by Crippen LogP contribution is 2.24. The minimum absolute atomic E-state index is 0.115. The molecule has 2 aromatic rings. The molecular weight excluding hydrogens is 318 g/mol. The Labute approximate surface area is 137 Å². The molecule has 0 fully saturated rings. The number of benzene rings is 1. The lowest BCUT2D eigenvalue weighted by atomic mass is 10.2. The summed E-state index contributed by atoms with van der Waals surface area (Å²) in [5.41, 5.74) is 0.706. The summed E-state index contributed by atoms with van der Waals surface area (Å²) in [7, 11) is 1.37. The number of hydrogen-bond acceptors (Lipinski definition) is 5. The fraction of sp³-hybridized carbons (Fsp3) is 0.250. The first-order chi connectivity index (χ1) is 11.1. The van der Waals surface area contributed by atoms with Gasteiger partial charge in [-0.1, -0.05) is 18.2 Å². The van der Waals surface area contributed by atoms with E-state index < -0.39 is 17.9 Å². The molecule has 7 heteroatoms. The predicted octanol–water partition coefficient (Wildman–Crippen LogP) is 2.40. The molecule has 0 aliphatic heterocycles. The highest BCUT2D eigenvalue weighted by Gasteiger charge is 2.23. The number of carbonyl (C=O) groups is 2. The van der Waals surface area contributed by atoms with E-state index in [1.54, 1.807) is 17.8 Å². The van der Waals surface area contributed by atoms with E-state index >= 15 is 0 Å². The van der Waals surface area contributed by atoms with Crippen molar-refractivity contribution >= 4 is 23.6 Å². The second kappa shape index (κ2) is 8.40. The summed E-state index contributed by atoms with van der Waals surface area (Å²) in [6.07, 6.45) is 1.42. The van der Waals surface area contributed by atoms with Crippen molar-refractivity contribution in [1.29, 1.82) is 0 Å². The Balaban J connectivity index is 2.01. The molecule has 1 aromatic carbocycles. The Morgan fingerprint density at radius 1 is 1.30 bits per heavy atom. The van der Waals surface area contributed by atoms with Gasteiger partial charge in [0.25, 0.3) is 5.91 Å². The summed E-state index contributed by atoms with van der Waals surface area (Å²) < 4.78 is 10.0. The van der Waals surface area contributed by atoms with Crippen molar-refractivity contribution in [2.24, 2.45) is 0 Å². The number of carboxylic acids is 1. The molecule has 1 unspecified atom stereocenters. The lowest BCUT2D eigenvalue weighted by molar-refractivity contribution is -0.140. The standard InChI is InChI=1S/C16H17NO5S/c1-21-9-13(16(19)20)17-15(18)14-11(7-8-22-14)10-23-12-5-3-2-4-6-12/h2-8,13H,9-10H2,1H3,(H,17,18)(H,19,20). The Kier molecular flexibility index (Phi) is 6.25. The van der Waals surface area contributed by atoms with Gasteiger partial charge in [0, 0.05) is 23.3 Å². The number of hydrogen-bond donors (Lipinski definition) is 2. The molecule has 0 aliphatic rings. The van der Waals surface area contributed by atoms with Crippen LogP contribution in [0, 0.1) is 0 Å². The van der Waals surface area contributed by atoms with Crippen LogP contribution in [0.5, 0.6) is 0 Å². The van der Waals surface area contributed by atoms with Crippen molar-refractivity contribution in [3.05, 3.63) is 54.0 Å². The zero-order valence-corrected chi connectivity index (χ0v) is 13.3. The predicted molar refractivity (Wildman–Crippen MR) is 85.5 cm³/mol.